The third kappa shape index (κ3) is 3.32. The van der Waals surface area contributed by atoms with Gasteiger partial charge in [0.1, 0.15) is 5.78 Å². The third-order valence-electron chi connectivity index (χ3n) is 2.22. The van der Waals surface area contributed by atoms with E-state index in [-0.39, 0.29) is 18.0 Å². The highest BCUT2D eigenvalue weighted by atomic mass is 16.1. The molecule has 3 nitrogen and oxygen atoms in total. The zero-order valence-corrected chi connectivity index (χ0v) is 9.19. The topological polar surface area (TPSA) is 57.9 Å². The van der Waals surface area contributed by atoms with Crippen molar-refractivity contribution in [3.05, 3.63) is 35.4 Å². The van der Waals surface area contributed by atoms with E-state index in [2.05, 4.69) is 0 Å². The Balaban J connectivity index is 2.67. The first-order chi connectivity index (χ1) is 7.67. The normalized spacial score (nSPS) is 9.50. The average molecular weight is 215 g/mol. The molecular weight excluding hydrogens is 202 g/mol. The van der Waals surface area contributed by atoms with Crippen LogP contribution in [-0.4, -0.2) is 11.6 Å². The van der Waals surface area contributed by atoms with Gasteiger partial charge in [-0.2, -0.15) is 5.26 Å². The van der Waals surface area contributed by atoms with Crippen molar-refractivity contribution < 1.29 is 9.59 Å². The van der Waals surface area contributed by atoms with Crippen LogP contribution >= 0.6 is 0 Å². The van der Waals surface area contributed by atoms with Crippen LogP contribution < -0.4 is 0 Å². The van der Waals surface area contributed by atoms with Crippen LogP contribution in [0, 0.1) is 11.3 Å². The zero-order chi connectivity index (χ0) is 12.0. The van der Waals surface area contributed by atoms with Crippen LogP contribution in [0.15, 0.2) is 24.3 Å². The van der Waals surface area contributed by atoms with E-state index >= 15 is 0 Å². The highest BCUT2D eigenvalue weighted by molar-refractivity contribution is 6.07. The molecule has 3 heteroatoms. The molecule has 0 spiro atoms. The number of rotatable bonds is 5. The molecule has 0 aromatic heterocycles. The summed E-state index contributed by atoms with van der Waals surface area (Å²) < 4.78 is 0. The first-order valence-electron chi connectivity index (χ1n) is 5.22. The molecule has 16 heavy (non-hydrogen) atoms. The summed E-state index contributed by atoms with van der Waals surface area (Å²) in [4.78, 5) is 22.9. The molecule has 1 aromatic rings. The standard InChI is InChI=1S/C13H13NO2/c1-2-3-12(15)8-13(16)11-6-4-10(9-14)5-7-11/h4-7H,2-3,8H2,1H3. The Morgan fingerprint density at radius 2 is 1.88 bits per heavy atom. The Morgan fingerprint density at radius 1 is 1.25 bits per heavy atom. The summed E-state index contributed by atoms with van der Waals surface area (Å²) in [6.07, 6.45) is 1.17. The molecule has 0 fully saturated rings. The van der Waals surface area contributed by atoms with E-state index < -0.39 is 0 Å². The van der Waals surface area contributed by atoms with E-state index in [1.807, 2.05) is 13.0 Å². The van der Waals surface area contributed by atoms with Crippen molar-refractivity contribution >= 4 is 11.6 Å². The fourth-order valence-corrected chi connectivity index (χ4v) is 1.38. The van der Waals surface area contributed by atoms with Gasteiger partial charge in [0.15, 0.2) is 5.78 Å². The van der Waals surface area contributed by atoms with Gasteiger partial charge < -0.3 is 0 Å². The predicted molar refractivity (Wildman–Crippen MR) is 60.0 cm³/mol. The number of hydrogen-bond acceptors (Lipinski definition) is 3. The minimum atomic E-state index is -0.178. The van der Waals surface area contributed by atoms with E-state index in [9.17, 15) is 9.59 Å². The van der Waals surface area contributed by atoms with Crippen LogP contribution in [0.5, 0.6) is 0 Å². The van der Waals surface area contributed by atoms with E-state index in [0.717, 1.165) is 6.42 Å². The number of carbonyl (C=O) groups excluding carboxylic acids is 2. The number of Topliss-reactive ketones (excluding diaryl/α,β-unsaturated/α-hetero) is 2. The molecule has 0 amide bonds. The highest BCUT2D eigenvalue weighted by Gasteiger charge is 2.10. The molecule has 0 aliphatic heterocycles. The van der Waals surface area contributed by atoms with Gasteiger partial charge in [0, 0.05) is 12.0 Å². The van der Waals surface area contributed by atoms with Crippen molar-refractivity contribution in [1.29, 1.82) is 5.26 Å². The van der Waals surface area contributed by atoms with Gasteiger partial charge >= 0.3 is 0 Å². The Bertz CT molecular complexity index is 426. The van der Waals surface area contributed by atoms with Gasteiger partial charge in [-0.1, -0.05) is 19.1 Å². The smallest absolute Gasteiger partial charge is 0.170 e. The van der Waals surface area contributed by atoms with Crippen LogP contribution in [-0.2, 0) is 4.79 Å². The fraction of sp³-hybridized carbons (Fsp3) is 0.308. The van der Waals surface area contributed by atoms with Crippen molar-refractivity contribution in [2.75, 3.05) is 0 Å². The third-order valence-corrected chi connectivity index (χ3v) is 2.22. The van der Waals surface area contributed by atoms with Gasteiger partial charge in [0.05, 0.1) is 18.1 Å². The lowest BCUT2D eigenvalue weighted by molar-refractivity contribution is -0.118. The second-order valence-corrected chi connectivity index (χ2v) is 3.58. The maximum absolute atomic E-state index is 11.6. The molecule has 0 bridgehead atoms. The number of benzene rings is 1. The van der Waals surface area contributed by atoms with Crippen LogP contribution in [0.4, 0.5) is 0 Å². The quantitative estimate of drug-likeness (QED) is 0.560. The molecule has 0 unspecified atom stereocenters. The number of nitrogens with zero attached hydrogens (tertiary/aromatic N) is 1. The Labute approximate surface area is 94.7 Å². The van der Waals surface area contributed by atoms with Crippen LogP contribution in [0.25, 0.3) is 0 Å². The van der Waals surface area contributed by atoms with Gasteiger partial charge in [0.25, 0.3) is 0 Å². The summed E-state index contributed by atoms with van der Waals surface area (Å²) in [5, 5.41) is 8.59. The summed E-state index contributed by atoms with van der Waals surface area (Å²) in [6.45, 7) is 1.91. The lowest BCUT2D eigenvalue weighted by atomic mass is 10.0. The largest absolute Gasteiger partial charge is 0.299 e. The molecular formula is C13H13NO2. The molecule has 0 N–H and O–H groups in total. The van der Waals surface area contributed by atoms with Gasteiger partial charge in [-0.3, -0.25) is 9.59 Å². The number of hydrogen-bond donors (Lipinski definition) is 0. The van der Waals surface area contributed by atoms with Crippen molar-refractivity contribution in [2.45, 2.75) is 26.2 Å². The van der Waals surface area contributed by atoms with Crippen LogP contribution in [0.3, 0.4) is 0 Å². The number of ketones is 2. The van der Waals surface area contributed by atoms with Crippen molar-refractivity contribution in [3.63, 3.8) is 0 Å². The van der Waals surface area contributed by atoms with Gasteiger partial charge in [-0.05, 0) is 18.6 Å². The molecule has 0 heterocycles. The maximum Gasteiger partial charge on any atom is 0.170 e. The fourth-order valence-electron chi connectivity index (χ4n) is 1.38. The predicted octanol–water partition coefficient (Wildman–Crippen LogP) is 2.50. The van der Waals surface area contributed by atoms with Crippen LogP contribution in [0.2, 0.25) is 0 Å². The van der Waals surface area contributed by atoms with Crippen molar-refractivity contribution in [3.8, 4) is 6.07 Å². The molecule has 1 rings (SSSR count). The average Bonchev–Trinajstić information content (AvgIpc) is 2.29. The van der Waals surface area contributed by atoms with Crippen LogP contribution in [0.1, 0.15) is 42.1 Å². The summed E-state index contributed by atoms with van der Waals surface area (Å²) in [7, 11) is 0. The minimum Gasteiger partial charge on any atom is -0.299 e. The summed E-state index contributed by atoms with van der Waals surface area (Å²) in [5.41, 5.74) is 1.000. The van der Waals surface area contributed by atoms with E-state index in [4.69, 9.17) is 5.26 Å². The first kappa shape index (κ1) is 12.1. The molecule has 0 radical (unpaired) electrons. The van der Waals surface area contributed by atoms with Crippen molar-refractivity contribution in [1.82, 2.24) is 0 Å². The van der Waals surface area contributed by atoms with Gasteiger partial charge in [-0.25, -0.2) is 0 Å². The second kappa shape index (κ2) is 5.82. The van der Waals surface area contributed by atoms with E-state index in [0.29, 0.717) is 17.5 Å². The Hall–Kier alpha value is -1.95. The van der Waals surface area contributed by atoms with E-state index in [1.54, 1.807) is 24.3 Å². The summed E-state index contributed by atoms with van der Waals surface area (Å²) in [6, 6.07) is 8.30. The van der Waals surface area contributed by atoms with E-state index in [1.165, 1.54) is 0 Å². The lowest BCUT2D eigenvalue weighted by Gasteiger charge is -1.99. The SMILES string of the molecule is CCCC(=O)CC(=O)c1ccc(C#N)cc1. The molecule has 0 atom stereocenters. The molecule has 0 aliphatic rings. The molecule has 0 saturated carbocycles. The molecule has 0 aliphatic carbocycles. The Morgan fingerprint density at radius 3 is 2.38 bits per heavy atom. The minimum absolute atomic E-state index is 0.0307. The van der Waals surface area contributed by atoms with Gasteiger partial charge in [0.2, 0.25) is 0 Å². The molecule has 82 valence electrons. The first-order valence-corrected chi connectivity index (χ1v) is 5.22. The summed E-state index contributed by atoms with van der Waals surface area (Å²) in [5.74, 6) is -0.209. The molecule has 1 aromatic carbocycles. The monoisotopic (exact) mass is 215 g/mol. The Kier molecular flexibility index (Phi) is 4.41. The highest BCUT2D eigenvalue weighted by Crippen LogP contribution is 2.07. The second-order valence-electron chi connectivity index (χ2n) is 3.58. The van der Waals surface area contributed by atoms with Gasteiger partial charge in [-0.15, -0.1) is 0 Å². The zero-order valence-electron chi connectivity index (χ0n) is 9.19. The molecule has 0 saturated heterocycles. The number of nitriles is 1. The summed E-state index contributed by atoms with van der Waals surface area (Å²) >= 11 is 0. The maximum atomic E-state index is 11.6. The lowest BCUT2D eigenvalue weighted by Crippen LogP contribution is -2.07. The number of carbonyl (C=O) groups is 2. The van der Waals surface area contributed by atoms with Crippen molar-refractivity contribution in [2.24, 2.45) is 0 Å².